The molecule has 0 bridgehead atoms. The Morgan fingerprint density at radius 3 is 2.35 bits per heavy atom. The Hall–Kier alpha value is -1.93. The molecule has 0 spiro atoms. The van der Waals surface area contributed by atoms with Gasteiger partial charge in [-0.3, -0.25) is 9.59 Å². The van der Waals surface area contributed by atoms with Crippen LogP contribution < -0.4 is 0 Å². The van der Waals surface area contributed by atoms with Crippen molar-refractivity contribution in [2.45, 2.75) is 25.4 Å². The summed E-state index contributed by atoms with van der Waals surface area (Å²) in [7, 11) is -3.46. The van der Waals surface area contributed by atoms with Crippen molar-refractivity contribution in [3.8, 4) is 0 Å². The minimum absolute atomic E-state index is 0.00905. The molecular weight excluding hydrogens is 320 g/mol. The molecule has 126 valence electrons. The van der Waals surface area contributed by atoms with Gasteiger partial charge < -0.3 is 10.0 Å². The fourth-order valence-corrected chi connectivity index (χ4v) is 4.01. The average molecular weight is 340 g/mol. The molecule has 2 rings (SSSR count). The van der Waals surface area contributed by atoms with Gasteiger partial charge in [0.2, 0.25) is 10.0 Å². The van der Waals surface area contributed by atoms with E-state index in [0.29, 0.717) is 5.56 Å². The summed E-state index contributed by atoms with van der Waals surface area (Å²) in [5.74, 6) is -1.35. The van der Waals surface area contributed by atoms with Crippen molar-refractivity contribution in [2.75, 3.05) is 19.3 Å². The lowest BCUT2D eigenvalue weighted by molar-refractivity contribution is -0.138. The molecule has 1 fully saturated rings. The number of nitrogens with zero attached hydrogens (tertiary/aromatic N) is 2. The summed E-state index contributed by atoms with van der Waals surface area (Å²) in [6.07, 6.45) is 0.799. The van der Waals surface area contributed by atoms with Gasteiger partial charge in [0, 0.05) is 24.7 Å². The molecular formula is C15H20N2O5S. The third-order valence-electron chi connectivity index (χ3n) is 3.90. The number of benzene rings is 1. The van der Waals surface area contributed by atoms with Crippen molar-refractivity contribution >= 4 is 21.9 Å². The Kier molecular flexibility index (Phi) is 5.06. The Morgan fingerprint density at radius 2 is 1.83 bits per heavy atom. The number of amides is 1. The van der Waals surface area contributed by atoms with Gasteiger partial charge in [-0.15, -0.1) is 0 Å². The van der Waals surface area contributed by atoms with Gasteiger partial charge in [0.05, 0.1) is 18.7 Å². The lowest BCUT2D eigenvalue weighted by Crippen LogP contribution is -2.60. The first-order chi connectivity index (χ1) is 10.7. The maximum atomic E-state index is 12.7. The molecule has 1 heterocycles. The third kappa shape index (κ3) is 4.08. The second-order valence-electron chi connectivity index (χ2n) is 5.76. The van der Waals surface area contributed by atoms with Gasteiger partial charge in [-0.25, -0.2) is 8.42 Å². The van der Waals surface area contributed by atoms with Crippen molar-refractivity contribution < 1.29 is 23.1 Å². The number of carboxylic acids is 1. The van der Waals surface area contributed by atoms with E-state index in [4.69, 9.17) is 5.11 Å². The lowest BCUT2D eigenvalue weighted by atomic mass is 10.0. The molecule has 1 N–H and O–H groups in total. The van der Waals surface area contributed by atoms with Gasteiger partial charge >= 0.3 is 5.97 Å². The summed E-state index contributed by atoms with van der Waals surface area (Å²) in [6.45, 7) is 1.87. The number of piperazine rings is 1. The van der Waals surface area contributed by atoms with Gasteiger partial charge in [0.15, 0.2) is 0 Å². The van der Waals surface area contributed by atoms with Crippen LogP contribution in [0.2, 0.25) is 0 Å². The molecule has 2 atom stereocenters. The molecule has 1 aliphatic heterocycles. The van der Waals surface area contributed by atoms with Crippen LogP contribution in [0.25, 0.3) is 0 Å². The molecule has 0 saturated carbocycles. The summed E-state index contributed by atoms with van der Waals surface area (Å²) in [5.41, 5.74) is 0.461. The van der Waals surface area contributed by atoms with Crippen molar-refractivity contribution in [3.63, 3.8) is 0 Å². The number of aliphatic carboxylic acids is 1. The molecule has 23 heavy (non-hydrogen) atoms. The summed E-state index contributed by atoms with van der Waals surface area (Å²) in [6, 6.07) is 7.48. The number of sulfonamides is 1. The first kappa shape index (κ1) is 17.4. The molecule has 0 unspecified atom stereocenters. The number of carbonyl (C=O) groups is 2. The maximum Gasteiger partial charge on any atom is 0.305 e. The molecule has 0 radical (unpaired) electrons. The lowest BCUT2D eigenvalue weighted by Gasteiger charge is -2.43. The van der Waals surface area contributed by atoms with Crippen LogP contribution in [0.3, 0.4) is 0 Å². The van der Waals surface area contributed by atoms with Crippen molar-refractivity contribution in [1.82, 2.24) is 9.21 Å². The summed E-state index contributed by atoms with van der Waals surface area (Å²) in [4.78, 5) is 25.2. The number of carbonyl (C=O) groups excluding carboxylic acids is 1. The highest BCUT2D eigenvalue weighted by atomic mass is 32.2. The molecule has 1 amide bonds. The quantitative estimate of drug-likeness (QED) is 0.868. The normalized spacial score (nSPS) is 22.8. The molecule has 0 aliphatic carbocycles. The monoisotopic (exact) mass is 340 g/mol. The number of hydrogen-bond acceptors (Lipinski definition) is 4. The van der Waals surface area contributed by atoms with E-state index in [1.54, 1.807) is 37.3 Å². The van der Waals surface area contributed by atoms with Gasteiger partial charge in [-0.2, -0.15) is 4.31 Å². The third-order valence-corrected chi connectivity index (χ3v) is 5.26. The number of carboxylic acid groups (broad SMARTS) is 1. The van der Waals surface area contributed by atoms with Crippen molar-refractivity contribution in [2.24, 2.45) is 0 Å². The number of hydrogen-bond donors (Lipinski definition) is 1. The molecule has 8 heteroatoms. The highest BCUT2D eigenvalue weighted by molar-refractivity contribution is 7.88. The number of rotatable bonds is 4. The van der Waals surface area contributed by atoms with Gasteiger partial charge in [0.25, 0.3) is 5.91 Å². The average Bonchev–Trinajstić information content (AvgIpc) is 2.47. The van der Waals surface area contributed by atoms with E-state index in [1.165, 1.54) is 9.21 Å². The van der Waals surface area contributed by atoms with Crippen LogP contribution in [-0.4, -0.2) is 66.0 Å². The standard InChI is InChI=1S/C15H20N2O5S/c1-11-9-16(15(20)12-6-4-3-5-7-12)13(8-14(18)19)10-17(11)23(2,21)22/h3-7,11,13H,8-10H2,1-2H3,(H,18,19)/t11-,13-/m1/s1. The van der Waals surface area contributed by atoms with Crippen LogP contribution in [0.15, 0.2) is 30.3 Å². The molecule has 1 aromatic carbocycles. The van der Waals surface area contributed by atoms with E-state index in [0.717, 1.165) is 6.26 Å². The van der Waals surface area contributed by atoms with E-state index in [1.807, 2.05) is 0 Å². The van der Waals surface area contributed by atoms with Crippen LogP contribution in [0.5, 0.6) is 0 Å². The smallest absolute Gasteiger partial charge is 0.305 e. The second-order valence-corrected chi connectivity index (χ2v) is 7.69. The van der Waals surface area contributed by atoms with Crippen LogP contribution in [0, 0.1) is 0 Å². The van der Waals surface area contributed by atoms with Gasteiger partial charge in [0.1, 0.15) is 0 Å². The fourth-order valence-electron chi connectivity index (χ4n) is 2.84. The molecule has 1 aromatic rings. The van der Waals surface area contributed by atoms with E-state index < -0.39 is 28.1 Å². The topological polar surface area (TPSA) is 95.0 Å². The Balaban J connectivity index is 2.30. The van der Waals surface area contributed by atoms with E-state index >= 15 is 0 Å². The van der Waals surface area contributed by atoms with Gasteiger partial charge in [-0.1, -0.05) is 18.2 Å². The molecule has 1 saturated heterocycles. The Labute approximate surface area is 135 Å². The first-order valence-corrected chi connectivity index (χ1v) is 9.09. The zero-order chi connectivity index (χ0) is 17.2. The Bertz CT molecular complexity index is 689. The molecule has 0 aromatic heterocycles. The highest BCUT2D eigenvalue weighted by Gasteiger charge is 2.39. The van der Waals surface area contributed by atoms with Crippen LogP contribution in [0.4, 0.5) is 0 Å². The van der Waals surface area contributed by atoms with Crippen LogP contribution in [-0.2, 0) is 14.8 Å². The molecule has 7 nitrogen and oxygen atoms in total. The minimum atomic E-state index is -3.46. The Morgan fingerprint density at radius 1 is 1.22 bits per heavy atom. The predicted molar refractivity (Wildman–Crippen MR) is 84.5 cm³/mol. The maximum absolute atomic E-state index is 12.7. The van der Waals surface area contributed by atoms with E-state index in [-0.39, 0.29) is 25.4 Å². The summed E-state index contributed by atoms with van der Waals surface area (Å²) >= 11 is 0. The summed E-state index contributed by atoms with van der Waals surface area (Å²) < 4.78 is 25.0. The van der Waals surface area contributed by atoms with Crippen LogP contribution >= 0.6 is 0 Å². The largest absolute Gasteiger partial charge is 0.481 e. The van der Waals surface area contributed by atoms with Gasteiger partial charge in [-0.05, 0) is 19.1 Å². The van der Waals surface area contributed by atoms with Crippen molar-refractivity contribution in [3.05, 3.63) is 35.9 Å². The highest BCUT2D eigenvalue weighted by Crippen LogP contribution is 2.22. The van der Waals surface area contributed by atoms with Crippen molar-refractivity contribution in [1.29, 1.82) is 0 Å². The summed E-state index contributed by atoms with van der Waals surface area (Å²) in [5, 5.41) is 9.08. The minimum Gasteiger partial charge on any atom is -0.481 e. The van der Waals surface area contributed by atoms with E-state index in [2.05, 4.69) is 0 Å². The zero-order valence-corrected chi connectivity index (χ0v) is 13.9. The van der Waals surface area contributed by atoms with E-state index in [9.17, 15) is 18.0 Å². The first-order valence-electron chi connectivity index (χ1n) is 7.24. The SMILES string of the molecule is C[C@@H]1CN(C(=O)c2ccccc2)[C@H](CC(=O)O)CN1S(C)(=O)=O. The zero-order valence-electron chi connectivity index (χ0n) is 13.0. The van der Waals surface area contributed by atoms with Crippen LogP contribution in [0.1, 0.15) is 23.7 Å². The second kappa shape index (κ2) is 6.67. The fraction of sp³-hybridized carbons (Fsp3) is 0.467. The molecule has 1 aliphatic rings. The predicted octanol–water partition coefficient (Wildman–Crippen LogP) is 0.636.